The summed E-state index contributed by atoms with van der Waals surface area (Å²) in [5.74, 6) is 0.925. The van der Waals surface area contributed by atoms with Gasteiger partial charge in [0.15, 0.2) is 0 Å². The lowest BCUT2D eigenvalue weighted by atomic mass is 9.87. The lowest BCUT2D eigenvalue weighted by Gasteiger charge is -2.35. The van der Waals surface area contributed by atoms with Crippen LogP contribution < -0.4 is 4.74 Å². The summed E-state index contributed by atoms with van der Waals surface area (Å²) in [5.41, 5.74) is 2.00. The number of hydrogen-bond acceptors (Lipinski definition) is 4. The van der Waals surface area contributed by atoms with E-state index < -0.39 is 0 Å². The van der Waals surface area contributed by atoms with E-state index in [2.05, 4.69) is 45.5 Å². The smallest absolute Gasteiger partial charge is 0.255 e. The first-order chi connectivity index (χ1) is 14.8. The van der Waals surface area contributed by atoms with Crippen LogP contribution in [0.5, 0.6) is 5.75 Å². The molecule has 2 aromatic rings. The summed E-state index contributed by atoms with van der Waals surface area (Å²) < 4.78 is 5.79. The van der Waals surface area contributed by atoms with Crippen LogP contribution in [0.4, 0.5) is 0 Å². The minimum Gasteiger partial charge on any atom is -0.494 e. The molecule has 0 atom stereocenters. The lowest BCUT2D eigenvalue weighted by Crippen LogP contribution is -2.50. The van der Waals surface area contributed by atoms with Crippen LogP contribution in [0.15, 0.2) is 53.4 Å². The third-order valence-electron chi connectivity index (χ3n) is 5.58. The highest BCUT2D eigenvalue weighted by Gasteiger charge is 2.25. The molecule has 0 aliphatic carbocycles. The summed E-state index contributed by atoms with van der Waals surface area (Å²) in [5, 5.41) is 0. The van der Waals surface area contributed by atoms with E-state index in [0.717, 1.165) is 5.75 Å². The molecule has 0 saturated carbocycles. The quantitative estimate of drug-likeness (QED) is 0.535. The van der Waals surface area contributed by atoms with Gasteiger partial charge in [-0.15, -0.1) is 12.6 Å². The maximum absolute atomic E-state index is 12.7. The zero-order valence-electron chi connectivity index (χ0n) is 18.6. The first kappa shape index (κ1) is 23.2. The molecule has 2 aromatic carbocycles. The molecule has 6 heteroatoms. The number of rotatable bonds is 6. The normalized spacial score (nSPS) is 14.5. The predicted molar refractivity (Wildman–Crippen MR) is 126 cm³/mol. The van der Waals surface area contributed by atoms with Crippen molar-refractivity contribution >= 4 is 24.4 Å². The Labute approximate surface area is 190 Å². The molecule has 0 bridgehead atoms. The summed E-state index contributed by atoms with van der Waals surface area (Å²) in [4.78, 5) is 29.5. The second-order valence-corrected chi connectivity index (χ2v) is 9.40. The summed E-state index contributed by atoms with van der Waals surface area (Å²) in [6.07, 6.45) is 1.12. The second-order valence-electron chi connectivity index (χ2n) is 8.92. The molecule has 2 amide bonds. The second kappa shape index (κ2) is 10.2. The largest absolute Gasteiger partial charge is 0.494 e. The van der Waals surface area contributed by atoms with Crippen molar-refractivity contribution < 1.29 is 14.3 Å². The number of ether oxygens (including phenoxy) is 1. The molecule has 0 N–H and O–H groups in total. The zero-order valence-corrected chi connectivity index (χ0v) is 19.5. The minimum absolute atomic E-state index is 0.0245. The number of carbonyl (C=O) groups is 2. The van der Waals surface area contributed by atoms with E-state index in [1.54, 1.807) is 11.0 Å². The minimum atomic E-state index is -0.0245. The molecule has 0 spiro atoms. The van der Waals surface area contributed by atoms with Crippen molar-refractivity contribution in [1.29, 1.82) is 0 Å². The molecule has 31 heavy (non-hydrogen) atoms. The molecule has 1 heterocycles. The molecular formula is C25H32N2O3S. The van der Waals surface area contributed by atoms with Gasteiger partial charge in [0.25, 0.3) is 5.91 Å². The Bertz CT molecular complexity index is 898. The van der Waals surface area contributed by atoms with Crippen LogP contribution in [0.2, 0.25) is 0 Å². The standard InChI is InChI=1S/C25H32N2O3S/c1-25(2,3)19-10-12-20(13-11-19)30-18-6-9-23(28)26-14-16-27(17-15-26)24(29)21-7-4-5-8-22(21)31/h4-5,7-8,10-13,31H,6,9,14-18H2,1-3H3. The third kappa shape index (κ3) is 6.26. The van der Waals surface area contributed by atoms with Gasteiger partial charge in [-0.2, -0.15) is 0 Å². The fourth-order valence-electron chi connectivity index (χ4n) is 3.61. The van der Waals surface area contributed by atoms with Gasteiger partial charge in [0, 0.05) is 37.5 Å². The average Bonchev–Trinajstić information content (AvgIpc) is 2.76. The Kier molecular flexibility index (Phi) is 7.65. The number of thiol groups is 1. The van der Waals surface area contributed by atoms with Gasteiger partial charge in [0.1, 0.15) is 5.75 Å². The van der Waals surface area contributed by atoms with Crippen LogP contribution in [0, 0.1) is 0 Å². The van der Waals surface area contributed by atoms with Gasteiger partial charge in [0.2, 0.25) is 5.91 Å². The van der Waals surface area contributed by atoms with E-state index in [1.165, 1.54) is 5.56 Å². The van der Waals surface area contributed by atoms with Gasteiger partial charge in [-0.05, 0) is 41.7 Å². The van der Waals surface area contributed by atoms with Gasteiger partial charge < -0.3 is 14.5 Å². The molecule has 3 rings (SSSR count). The number of amides is 2. The van der Waals surface area contributed by atoms with Gasteiger partial charge in [-0.1, -0.05) is 45.0 Å². The maximum Gasteiger partial charge on any atom is 0.255 e. The summed E-state index contributed by atoms with van der Waals surface area (Å²) in [6.45, 7) is 9.28. The van der Waals surface area contributed by atoms with Gasteiger partial charge in [-0.3, -0.25) is 9.59 Å². The highest BCUT2D eigenvalue weighted by molar-refractivity contribution is 7.80. The topological polar surface area (TPSA) is 49.9 Å². The fourth-order valence-corrected chi connectivity index (χ4v) is 3.86. The SMILES string of the molecule is CC(C)(C)c1ccc(OCCCC(=O)N2CCN(C(=O)c3ccccc3S)CC2)cc1. The zero-order chi connectivity index (χ0) is 22.4. The fraction of sp³-hybridized carbons (Fsp3) is 0.440. The number of benzene rings is 2. The van der Waals surface area contributed by atoms with E-state index in [-0.39, 0.29) is 17.2 Å². The van der Waals surface area contributed by atoms with Crippen LogP contribution in [-0.2, 0) is 10.2 Å². The molecule has 1 saturated heterocycles. The predicted octanol–water partition coefficient (Wildman–Crippen LogP) is 4.42. The summed E-state index contributed by atoms with van der Waals surface area (Å²) >= 11 is 4.37. The molecule has 5 nitrogen and oxygen atoms in total. The number of piperazine rings is 1. The van der Waals surface area contributed by atoms with Crippen molar-refractivity contribution in [3.05, 3.63) is 59.7 Å². The van der Waals surface area contributed by atoms with E-state index in [9.17, 15) is 9.59 Å². The molecule has 0 unspecified atom stereocenters. The van der Waals surface area contributed by atoms with Gasteiger partial charge >= 0.3 is 0 Å². The highest BCUT2D eigenvalue weighted by Crippen LogP contribution is 2.24. The van der Waals surface area contributed by atoms with Crippen molar-refractivity contribution in [3.63, 3.8) is 0 Å². The van der Waals surface area contributed by atoms with Crippen molar-refractivity contribution in [2.24, 2.45) is 0 Å². The molecule has 1 aliphatic heterocycles. The number of nitrogens with zero attached hydrogens (tertiary/aromatic N) is 2. The monoisotopic (exact) mass is 440 g/mol. The maximum atomic E-state index is 12.7. The van der Waals surface area contributed by atoms with Crippen molar-refractivity contribution in [1.82, 2.24) is 9.80 Å². The number of carbonyl (C=O) groups excluding carboxylic acids is 2. The molecule has 1 aliphatic rings. The Balaban J connectivity index is 1.38. The van der Waals surface area contributed by atoms with Crippen molar-refractivity contribution in [2.75, 3.05) is 32.8 Å². The van der Waals surface area contributed by atoms with Gasteiger partial charge in [0.05, 0.1) is 12.2 Å². The summed E-state index contributed by atoms with van der Waals surface area (Å²) in [7, 11) is 0. The molecule has 1 fully saturated rings. The first-order valence-electron chi connectivity index (χ1n) is 10.8. The lowest BCUT2D eigenvalue weighted by molar-refractivity contribution is -0.132. The highest BCUT2D eigenvalue weighted by atomic mass is 32.1. The Morgan fingerprint density at radius 2 is 1.55 bits per heavy atom. The Hall–Kier alpha value is -2.47. The van der Waals surface area contributed by atoms with E-state index in [1.807, 2.05) is 35.2 Å². The van der Waals surface area contributed by atoms with E-state index in [4.69, 9.17) is 4.74 Å². The van der Waals surface area contributed by atoms with Crippen LogP contribution in [0.1, 0.15) is 49.5 Å². The van der Waals surface area contributed by atoms with Crippen LogP contribution in [0.25, 0.3) is 0 Å². The first-order valence-corrected chi connectivity index (χ1v) is 11.3. The van der Waals surface area contributed by atoms with Crippen LogP contribution >= 0.6 is 12.6 Å². The number of hydrogen-bond donors (Lipinski definition) is 1. The van der Waals surface area contributed by atoms with Gasteiger partial charge in [-0.25, -0.2) is 0 Å². The molecule has 0 aromatic heterocycles. The Morgan fingerprint density at radius 3 is 2.16 bits per heavy atom. The third-order valence-corrected chi connectivity index (χ3v) is 5.97. The molecular weight excluding hydrogens is 408 g/mol. The van der Waals surface area contributed by atoms with Crippen LogP contribution in [0.3, 0.4) is 0 Å². The van der Waals surface area contributed by atoms with E-state index >= 15 is 0 Å². The average molecular weight is 441 g/mol. The van der Waals surface area contributed by atoms with E-state index in [0.29, 0.717) is 56.1 Å². The molecule has 0 radical (unpaired) electrons. The van der Waals surface area contributed by atoms with Crippen molar-refractivity contribution in [2.45, 2.75) is 43.9 Å². The summed E-state index contributed by atoms with van der Waals surface area (Å²) in [6, 6.07) is 15.5. The molecule has 166 valence electrons. The Morgan fingerprint density at radius 1 is 0.935 bits per heavy atom. The van der Waals surface area contributed by atoms with Crippen molar-refractivity contribution in [3.8, 4) is 5.75 Å². The van der Waals surface area contributed by atoms with Crippen LogP contribution in [-0.4, -0.2) is 54.4 Å².